The summed E-state index contributed by atoms with van der Waals surface area (Å²) >= 11 is 0. The molecule has 2 heterocycles. The molecule has 1 aliphatic carbocycles. The van der Waals surface area contributed by atoms with E-state index in [0.717, 1.165) is 44.7 Å². The van der Waals surface area contributed by atoms with Crippen LogP contribution in [0.15, 0.2) is 83.9 Å². The molecule has 46 heavy (non-hydrogen) atoms. The second-order valence-electron chi connectivity index (χ2n) is 12.8. The molecule has 2 saturated heterocycles. The molecule has 8 heteroatoms. The number of allylic oxidation sites excluding steroid dienone is 1. The van der Waals surface area contributed by atoms with Crippen molar-refractivity contribution in [3.8, 4) is 11.5 Å². The van der Waals surface area contributed by atoms with E-state index >= 15 is 0 Å². The number of carbonyl (C=O) groups excluding carboxylic acids is 2. The lowest BCUT2D eigenvalue weighted by molar-refractivity contribution is -0.140. The van der Waals surface area contributed by atoms with Gasteiger partial charge in [0, 0.05) is 6.54 Å². The maximum absolute atomic E-state index is 13.7. The van der Waals surface area contributed by atoms with E-state index in [9.17, 15) is 19.7 Å². The number of likely N-dealkylation sites (tertiary alicyclic amines) is 1. The lowest BCUT2D eigenvalue weighted by atomic mass is 9.58. The quantitative estimate of drug-likeness (QED) is 0.115. The van der Waals surface area contributed by atoms with E-state index in [1.54, 1.807) is 0 Å². The summed E-state index contributed by atoms with van der Waals surface area (Å²) in [5.41, 5.74) is 6.80. The first kappa shape index (κ1) is 31.8. The van der Waals surface area contributed by atoms with E-state index in [0.29, 0.717) is 38.0 Å². The monoisotopic (exact) mass is 619 g/mol. The van der Waals surface area contributed by atoms with Gasteiger partial charge in [0.05, 0.1) is 17.9 Å². The van der Waals surface area contributed by atoms with Crippen molar-refractivity contribution in [2.75, 3.05) is 13.2 Å². The SMILES string of the molecule is CCCN1C(=O)[C@@H]2[C@@H](CC(COc3ccccc3)=C3[C@@H](CC/C(=C/c4cc(C)c(O)c(C)c4)c4ccccc4)OB(O)C[C@@H]32)C1=O. The zero-order chi connectivity index (χ0) is 32.4. The summed E-state index contributed by atoms with van der Waals surface area (Å²) in [6.07, 6.45) is 4.35. The Morgan fingerprint density at radius 3 is 2.35 bits per heavy atom. The van der Waals surface area contributed by atoms with Gasteiger partial charge in [-0.1, -0.05) is 61.5 Å². The molecule has 2 aliphatic heterocycles. The molecule has 3 aromatic rings. The van der Waals surface area contributed by atoms with E-state index in [2.05, 4.69) is 18.2 Å². The zero-order valence-electron chi connectivity index (χ0n) is 26.8. The lowest BCUT2D eigenvalue weighted by Gasteiger charge is -2.43. The van der Waals surface area contributed by atoms with Crippen molar-refractivity contribution in [1.82, 2.24) is 4.90 Å². The average Bonchev–Trinajstić information content (AvgIpc) is 3.29. The van der Waals surface area contributed by atoms with Gasteiger partial charge in [0.25, 0.3) is 0 Å². The van der Waals surface area contributed by atoms with Gasteiger partial charge >= 0.3 is 7.12 Å². The standard InChI is InChI=1S/C38H42BNO6/c1-4-17-40-37(42)31-21-29(23-45-30-13-9-6-10-14-30)34-32(35(31)38(40)43)22-39(44)46-33(34)16-15-28(27-11-7-5-8-12-27)20-26-18-24(2)36(41)25(3)19-26/h5-14,18-20,31-33,35,41,44H,4,15-17,21-23H2,1-3H3/b28-20-/t31-,32+,33-,35-/m1/s1. The number of phenolic OH excluding ortho intramolecular Hbond substituents is 1. The van der Waals surface area contributed by atoms with Gasteiger partial charge in [0.2, 0.25) is 11.8 Å². The highest BCUT2D eigenvalue weighted by atomic mass is 16.5. The number of aromatic hydroxyl groups is 1. The van der Waals surface area contributed by atoms with Crippen LogP contribution in [0.2, 0.25) is 6.32 Å². The Balaban J connectivity index is 1.36. The van der Waals surface area contributed by atoms with Crippen molar-refractivity contribution >= 4 is 30.6 Å². The first-order valence-electron chi connectivity index (χ1n) is 16.4. The minimum absolute atomic E-state index is 0.112. The number of carbonyl (C=O) groups is 2. The molecule has 4 atom stereocenters. The van der Waals surface area contributed by atoms with Gasteiger partial charge in [-0.3, -0.25) is 14.5 Å². The Kier molecular flexibility index (Phi) is 9.48. The summed E-state index contributed by atoms with van der Waals surface area (Å²) in [4.78, 5) is 28.7. The number of phenols is 1. The number of para-hydroxylation sites is 1. The Morgan fingerprint density at radius 2 is 1.67 bits per heavy atom. The van der Waals surface area contributed by atoms with Crippen LogP contribution in [0.4, 0.5) is 0 Å². The van der Waals surface area contributed by atoms with Crippen LogP contribution in [0, 0.1) is 31.6 Å². The van der Waals surface area contributed by atoms with Gasteiger partial charge in [-0.05, 0) is 115 Å². The van der Waals surface area contributed by atoms with Gasteiger partial charge in [-0.2, -0.15) is 0 Å². The number of imide groups is 1. The summed E-state index contributed by atoms with van der Waals surface area (Å²) in [6, 6.07) is 23.7. The second-order valence-corrected chi connectivity index (χ2v) is 12.8. The molecule has 0 radical (unpaired) electrons. The fraction of sp³-hybridized carbons (Fsp3) is 0.368. The molecule has 238 valence electrons. The summed E-state index contributed by atoms with van der Waals surface area (Å²) in [5.74, 6) is -0.446. The number of benzene rings is 3. The lowest BCUT2D eigenvalue weighted by Crippen LogP contribution is -2.46. The average molecular weight is 620 g/mol. The van der Waals surface area contributed by atoms with E-state index in [4.69, 9.17) is 9.39 Å². The highest BCUT2D eigenvalue weighted by molar-refractivity contribution is 6.43. The Labute approximate surface area is 271 Å². The number of fused-ring (bicyclic) bond motifs is 3. The Bertz CT molecular complexity index is 1630. The minimum Gasteiger partial charge on any atom is -0.507 e. The summed E-state index contributed by atoms with van der Waals surface area (Å²) in [7, 11) is -1.04. The molecule has 0 spiro atoms. The number of nitrogens with zero attached hydrogens (tertiary/aromatic N) is 1. The molecular formula is C38H42BNO6. The fourth-order valence-corrected chi connectivity index (χ4v) is 7.61. The van der Waals surface area contributed by atoms with Gasteiger partial charge < -0.3 is 19.5 Å². The third kappa shape index (κ3) is 6.42. The third-order valence-electron chi connectivity index (χ3n) is 9.68. The van der Waals surface area contributed by atoms with Crippen LogP contribution in [0.3, 0.4) is 0 Å². The Hall–Kier alpha value is -4.14. The van der Waals surface area contributed by atoms with Crippen molar-refractivity contribution in [2.45, 2.75) is 58.9 Å². The molecule has 0 aromatic heterocycles. The van der Waals surface area contributed by atoms with Crippen molar-refractivity contribution in [2.24, 2.45) is 17.8 Å². The number of amides is 2. The first-order valence-corrected chi connectivity index (χ1v) is 16.4. The number of rotatable bonds is 10. The van der Waals surface area contributed by atoms with Gasteiger partial charge in [0.1, 0.15) is 18.1 Å². The van der Waals surface area contributed by atoms with Crippen LogP contribution in [0.5, 0.6) is 11.5 Å². The molecule has 0 bridgehead atoms. The maximum atomic E-state index is 13.7. The van der Waals surface area contributed by atoms with Crippen LogP contribution in [0.25, 0.3) is 11.6 Å². The van der Waals surface area contributed by atoms with Crippen LogP contribution in [0.1, 0.15) is 54.9 Å². The number of aryl methyl sites for hydroxylation is 2. The molecule has 6 rings (SSSR count). The van der Waals surface area contributed by atoms with Crippen LogP contribution < -0.4 is 4.74 Å². The van der Waals surface area contributed by atoms with Crippen LogP contribution >= 0.6 is 0 Å². The molecule has 2 amide bonds. The summed E-state index contributed by atoms with van der Waals surface area (Å²) < 4.78 is 12.5. The number of hydrogen-bond donors (Lipinski definition) is 2. The summed E-state index contributed by atoms with van der Waals surface area (Å²) in [5, 5.41) is 21.4. The van der Waals surface area contributed by atoms with Gasteiger partial charge in [0.15, 0.2) is 0 Å². The van der Waals surface area contributed by atoms with Crippen molar-refractivity contribution in [1.29, 1.82) is 0 Å². The molecule has 3 aliphatic rings. The molecule has 7 nitrogen and oxygen atoms in total. The number of hydrogen-bond acceptors (Lipinski definition) is 6. The molecular weight excluding hydrogens is 577 g/mol. The topological polar surface area (TPSA) is 96.3 Å². The highest BCUT2D eigenvalue weighted by Gasteiger charge is 2.57. The second kappa shape index (κ2) is 13.7. The van der Waals surface area contributed by atoms with E-state index in [1.165, 1.54) is 4.90 Å². The van der Waals surface area contributed by atoms with Gasteiger partial charge in [-0.15, -0.1) is 0 Å². The predicted molar refractivity (Wildman–Crippen MR) is 180 cm³/mol. The molecule has 2 N–H and O–H groups in total. The smallest absolute Gasteiger partial charge is 0.455 e. The largest absolute Gasteiger partial charge is 0.507 e. The molecule has 0 saturated carbocycles. The van der Waals surface area contributed by atoms with E-state index < -0.39 is 25.1 Å². The number of ether oxygens (including phenoxy) is 1. The zero-order valence-corrected chi connectivity index (χ0v) is 26.8. The fourth-order valence-electron chi connectivity index (χ4n) is 7.61. The first-order chi connectivity index (χ1) is 22.2. The Morgan fingerprint density at radius 1 is 1.00 bits per heavy atom. The summed E-state index contributed by atoms with van der Waals surface area (Å²) in [6.45, 7) is 6.47. The minimum atomic E-state index is -1.04. The molecule has 3 aromatic carbocycles. The van der Waals surface area contributed by atoms with Crippen LogP contribution in [-0.4, -0.2) is 53.2 Å². The van der Waals surface area contributed by atoms with E-state index in [1.807, 2.05) is 81.4 Å². The van der Waals surface area contributed by atoms with E-state index in [-0.39, 0.29) is 30.7 Å². The van der Waals surface area contributed by atoms with Gasteiger partial charge in [-0.25, -0.2) is 0 Å². The maximum Gasteiger partial charge on any atom is 0.455 e. The van der Waals surface area contributed by atoms with Crippen molar-refractivity contribution in [3.05, 3.63) is 106 Å². The highest BCUT2D eigenvalue weighted by Crippen LogP contribution is 2.51. The van der Waals surface area contributed by atoms with Crippen molar-refractivity contribution in [3.63, 3.8) is 0 Å². The third-order valence-corrected chi connectivity index (χ3v) is 9.68. The molecule has 2 fully saturated rings. The van der Waals surface area contributed by atoms with Crippen molar-refractivity contribution < 1.29 is 29.1 Å². The normalized spacial score (nSPS) is 23.1. The molecule has 0 unspecified atom stereocenters. The van der Waals surface area contributed by atoms with Crippen LogP contribution in [-0.2, 0) is 14.2 Å². The predicted octanol–water partition coefficient (Wildman–Crippen LogP) is 6.62.